The quantitative estimate of drug-likeness (QED) is 0.585. The van der Waals surface area contributed by atoms with Gasteiger partial charge in [-0.1, -0.05) is 6.92 Å². The number of aryl methyl sites for hydroxylation is 1. The van der Waals surface area contributed by atoms with Gasteiger partial charge in [0.2, 0.25) is 5.75 Å². The van der Waals surface area contributed by atoms with Crippen molar-refractivity contribution in [3.8, 4) is 28.6 Å². The van der Waals surface area contributed by atoms with E-state index in [1.807, 2.05) is 38.1 Å². The fraction of sp³-hybridized carbons (Fsp3) is 0.318. The number of benzene rings is 1. The molecule has 2 N–H and O–H groups in total. The van der Waals surface area contributed by atoms with E-state index in [2.05, 4.69) is 20.3 Å². The lowest BCUT2D eigenvalue weighted by molar-refractivity contribution is 0.323. The maximum absolute atomic E-state index is 11.8. The highest BCUT2D eigenvalue weighted by molar-refractivity contribution is 5.57. The van der Waals surface area contributed by atoms with Crippen molar-refractivity contribution >= 4 is 5.82 Å². The van der Waals surface area contributed by atoms with Gasteiger partial charge in [-0.3, -0.25) is 4.79 Å². The zero-order valence-corrected chi connectivity index (χ0v) is 17.8. The third-order valence-corrected chi connectivity index (χ3v) is 4.75. The van der Waals surface area contributed by atoms with Crippen molar-refractivity contribution in [3.05, 3.63) is 58.1 Å². The Kier molecular flexibility index (Phi) is 6.56. The Labute approximate surface area is 175 Å². The molecule has 0 saturated heterocycles. The predicted molar refractivity (Wildman–Crippen MR) is 116 cm³/mol. The van der Waals surface area contributed by atoms with E-state index >= 15 is 0 Å². The summed E-state index contributed by atoms with van der Waals surface area (Å²) in [7, 11) is 4.75. The van der Waals surface area contributed by atoms with E-state index in [-0.39, 0.29) is 11.6 Å². The second-order valence-electron chi connectivity index (χ2n) is 6.70. The molecule has 0 aliphatic rings. The van der Waals surface area contributed by atoms with Crippen molar-refractivity contribution in [2.75, 3.05) is 26.6 Å². The Morgan fingerprint density at radius 2 is 1.77 bits per heavy atom. The minimum absolute atomic E-state index is 0.0709. The number of aromatic nitrogens is 3. The summed E-state index contributed by atoms with van der Waals surface area (Å²) in [4.78, 5) is 23.5. The molecule has 0 radical (unpaired) electrons. The van der Waals surface area contributed by atoms with Gasteiger partial charge < -0.3 is 24.5 Å². The molecular formula is C22H26N4O4. The van der Waals surface area contributed by atoms with Crippen LogP contribution in [0.3, 0.4) is 0 Å². The molecule has 0 aliphatic carbocycles. The summed E-state index contributed by atoms with van der Waals surface area (Å²) in [5, 5.41) is 3.36. The molecule has 2 aromatic heterocycles. The number of pyridine rings is 1. The standard InChI is InChI=1S/C22H26N4O4/c1-6-16-11-20(27)26-22(25-16)14-7-8-19(23-12-14)24-13(2)15-9-17(28-3)21(30-5)18(10-15)29-4/h7-13H,6H2,1-5H3,(H,23,24)(H,25,26,27). The van der Waals surface area contributed by atoms with Gasteiger partial charge in [0.15, 0.2) is 11.5 Å². The van der Waals surface area contributed by atoms with Crippen LogP contribution in [0, 0.1) is 0 Å². The fourth-order valence-electron chi connectivity index (χ4n) is 3.10. The third-order valence-electron chi connectivity index (χ3n) is 4.75. The van der Waals surface area contributed by atoms with Crippen LogP contribution in [0.25, 0.3) is 11.4 Å². The summed E-state index contributed by atoms with van der Waals surface area (Å²) in [6.07, 6.45) is 2.37. The number of H-pyrrole nitrogens is 1. The SMILES string of the molecule is CCc1cc(=O)[nH]c(-c2ccc(NC(C)c3cc(OC)c(OC)c(OC)c3)nc2)n1. The Balaban J connectivity index is 1.82. The van der Waals surface area contributed by atoms with Crippen LogP contribution in [0.4, 0.5) is 5.82 Å². The van der Waals surface area contributed by atoms with Crippen molar-refractivity contribution in [1.29, 1.82) is 0 Å². The first-order valence-electron chi connectivity index (χ1n) is 9.62. The van der Waals surface area contributed by atoms with E-state index < -0.39 is 0 Å². The lowest BCUT2D eigenvalue weighted by Crippen LogP contribution is -2.11. The molecule has 30 heavy (non-hydrogen) atoms. The molecule has 0 fully saturated rings. The Bertz CT molecular complexity index is 1040. The summed E-state index contributed by atoms with van der Waals surface area (Å²) in [6.45, 7) is 3.97. The van der Waals surface area contributed by atoms with Crippen LogP contribution in [0.2, 0.25) is 0 Å². The van der Waals surface area contributed by atoms with Crippen molar-refractivity contribution in [3.63, 3.8) is 0 Å². The Morgan fingerprint density at radius 1 is 1.07 bits per heavy atom. The predicted octanol–water partition coefficient (Wildman–Crippen LogP) is 3.59. The first-order chi connectivity index (χ1) is 14.5. The number of rotatable bonds is 8. The Hall–Kier alpha value is -3.55. The molecule has 3 aromatic rings. The summed E-state index contributed by atoms with van der Waals surface area (Å²) < 4.78 is 16.2. The number of anilines is 1. The largest absolute Gasteiger partial charge is 0.493 e. The minimum Gasteiger partial charge on any atom is -0.493 e. The van der Waals surface area contributed by atoms with Crippen LogP contribution >= 0.6 is 0 Å². The molecule has 0 saturated carbocycles. The zero-order chi connectivity index (χ0) is 21.7. The normalized spacial score (nSPS) is 11.6. The van der Waals surface area contributed by atoms with Gasteiger partial charge in [-0.2, -0.15) is 0 Å². The van der Waals surface area contributed by atoms with Gasteiger partial charge in [0.05, 0.1) is 27.4 Å². The Morgan fingerprint density at radius 3 is 2.30 bits per heavy atom. The van der Waals surface area contributed by atoms with Crippen molar-refractivity contribution in [2.45, 2.75) is 26.3 Å². The van der Waals surface area contributed by atoms with E-state index in [9.17, 15) is 4.79 Å². The van der Waals surface area contributed by atoms with E-state index in [1.165, 1.54) is 6.07 Å². The van der Waals surface area contributed by atoms with E-state index in [4.69, 9.17) is 14.2 Å². The number of nitrogens with one attached hydrogen (secondary N) is 2. The third kappa shape index (κ3) is 4.53. The number of ether oxygens (including phenoxy) is 3. The number of hydrogen-bond acceptors (Lipinski definition) is 7. The van der Waals surface area contributed by atoms with Crippen LogP contribution < -0.4 is 25.1 Å². The first kappa shape index (κ1) is 21.2. The topological polar surface area (TPSA) is 98.4 Å². The zero-order valence-electron chi connectivity index (χ0n) is 17.8. The van der Waals surface area contributed by atoms with Gasteiger partial charge >= 0.3 is 0 Å². The molecule has 0 spiro atoms. The average molecular weight is 410 g/mol. The highest BCUT2D eigenvalue weighted by Gasteiger charge is 2.16. The molecule has 1 atom stereocenters. The molecule has 3 rings (SSSR count). The van der Waals surface area contributed by atoms with Gasteiger partial charge in [0.25, 0.3) is 5.56 Å². The van der Waals surface area contributed by atoms with Crippen LogP contribution in [0.1, 0.15) is 31.1 Å². The van der Waals surface area contributed by atoms with Crippen LogP contribution in [0.5, 0.6) is 17.2 Å². The molecule has 158 valence electrons. The van der Waals surface area contributed by atoms with Crippen molar-refractivity contribution in [1.82, 2.24) is 15.0 Å². The van der Waals surface area contributed by atoms with E-state index in [0.29, 0.717) is 35.3 Å². The van der Waals surface area contributed by atoms with Gasteiger partial charge in [0, 0.05) is 23.5 Å². The maximum atomic E-state index is 11.8. The van der Waals surface area contributed by atoms with Crippen LogP contribution in [-0.2, 0) is 6.42 Å². The summed E-state index contributed by atoms with van der Waals surface area (Å²) >= 11 is 0. The molecule has 8 nitrogen and oxygen atoms in total. The molecule has 0 amide bonds. The molecule has 8 heteroatoms. The monoisotopic (exact) mass is 410 g/mol. The van der Waals surface area contributed by atoms with Gasteiger partial charge in [0.1, 0.15) is 11.6 Å². The molecule has 1 unspecified atom stereocenters. The second-order valence-corrected chi connectivity index (χ2v) is 6.70. The smallest absolute Gasteiger partial charge is 0.251 e. The maximum Gasteiger partial charge on any atom is 0.251 e. The van der Waals surface area contributed by atoms with Crippen LogP contribution in [-0.4, -0.2) is 36.3 Å². The highest BCUT2D eigenvalue weighted by Crippen LogP contribution is 2.40. The van der Waals surface area contributed by atoms with Crippen molar-refractivity contribution in [2.24, 2.45) is 0 Å². The minimum atomic E-state index is -0.171. The summed E-state index contributed by atoms with van der Waals surface area (Å²) in [5.41, 5.74) is 2.27. The van der Waals surface area contributed by atoms with E-state index in [1.54, 1.807) is 27.5 Å². The highest BCUT2D eigenvalue weighted by atomic mass is 16.5. The first-order valence-corrected chi connectivity index (χ1v) is 9.62. The average Bonchev–Trinajstić information content (AvgIpc) is 2.77. The lowest BCUT2D eigenvalue weighted by atomic mass is 10.1. The summed E-state index contributed by atoms with van der Waals surface area (Å²) in [6, 6.07) is 8.96. The fourth-order valence-corrected chi connectivity index (χ4v) is 3.10. The molecule has 2 heterocycles. The molecular weight excluding hydrogens is 384 g/mol. The number of methoxy groups -OCH3 is 3. The number of aromatic amines is 1. The molecule has 0 aliphatic heterocycles. The molecule has 0 bridgehead atoms. The lowest BCUT2D eigenvalue weighted by Gasteiger charge is -2.19. The number of nitrogens with zero attached hydrogens (tertiary/aromatic N) is 2. The summed E-state index contributed by atoms with van der Waals surface area (Å²) in [5.74, 6) is 2.93. The molecule has 1 aromatic carbocycles. The van der Waals surface area contributed by atoms with Crippen LogP contribution in [0.15, 0.2) is 41.3 Å². The number of hydrogen-bond donors (Lipinski definition) is 2. The van der Waals surface area contributed by atoms with E-state index in [0.717, 1.165) is 16.8 Å². The van der Waals surface area contributed by atoms with Crippen molar-refractivity contribution < 1.29 is 14.2 Å². The second kappa shape index (κ2) is 9.30. The van der Waals surface area contributed by atoms with Gasteiger partial charge in [-0.15, -0.1) is 0 Å². The van der Waals surface area contributed by atoms with Gasteiger partial charge in [-0.25, -0.2) is 9.97 Å². The van der Waals surface area contributed by atoms with Gasteiger partial charge in [-0.05, 0) is 43.2 Å².